The third kappa shape index (κ3) is 33.1. The van der Waals surface area contributed by atoms with Crippen molar-refractivity contribution in [3.63, 3.8) is 0 Å². The number of likely N-dealkylation sites (N-methyl/N-ethyl adjacent to an activating group) is 4. The number of nitrogens with one attached hydrogen (secondary N) is 9. The summed E-state index contributed by atoms with van der Waals surface area (Å²) >= 11 is 0. The largest absolute Gasteiger partial charge is 0.474 e. The Kier molecular flexibility index (Phi) is 40.0. The lowest BCUT2D eigenvalue weighted by atomic mass is 9.89. The Morgan fingerprint density at radius 1 is 0.321 bits per heavy atom. The average Bonchev–Trinajstić information content (AvgIpc) is 0.809. The average molecular weight is 1880 g/mol. The van der Waals surface area contributed by atoms with Gasteiger partial charge in [0.05, 0.1) is 114 Å². The Morgan fingerprint density at radius 2 is 0.555 bits per heavy atom. The summed E-state index contributed by atoms with van der Waals surface area (Å²) < 4.78 is 0. The van der Waals surface area contributed by atoms with Crippen molar-refractivity contribution in [2.24, 2.45) is 46.6 Å². The van der Waals surface area contributed by atoms with Gasteiger partial charge in [0, 0.05) is 130 Å². The van der Waals surface area contributed by atoms with Crippen LogP contribution in [0.25, 0.3) is 0 Å². The molecular formula is C96H122N24O17. The second-order valence-electron chi connectivity index (χ2n) is 34.6. The van der Waals surface area contributed by atoms with Gasteiger partial charge in [-0.2, -0.15) is 0 Å². The van der Waals surface area contributed by atoms with Gasteiger partial charge in [0.1, 0.15) is 0 Å². The van der Waals surface area contributed by atoms with E-state index in [0.717, 1.165) is 90.4 Å². The summed E-state index contributed by atoms with van der Waals surface area (Å²) in [6, 6.07) is 36.1. The zero-order chi connectivity index (χ0) is 100. The van der Waals surface area contributed by atoms with E-state index in [9.17, 15) is 76.7 Å². The predicted octanol–water partition coefficient (Wildman–Crippen LogP) is 6.31. The Bertz CT molecular complexity index is 5190. The molecule has 4 fully saturated rings. The zero-order valence-corrected chi connectivity index (χ0v) is 78.8. The molecule has 0 unspecified atom stereocenters. The van der Waals surface area contributed by atoms with Gasteiger partial charge in [-0.1, -0.05) is 76.2 Å². The summed E-state index contributed by atoms with van der Waals surface area (Å²) in [7, 11) is 13.7. The highest BCUT2D eigenvalue weighted by molar-refractivity contribution is 6.41. The van der Waals surface area contributed by atoms with E-state index in [4.69, 9.17) is 28.0 Å². The van der Waals surface area contributed by atoms with E-state index in [2.05, 4.69) is 93.7 Å². The van der Waals surface area contributed by atoms with Crippen LogP contribution in [0.3, 0.4) is 0 Å². The number of aromatic nitrogens is 4. The van der Waals surface area contributed by atoms with Crippen molar-refractivity contribution in [3.8, 4) is 0 Å². The van der Waals surface area contributed by atoms with E-state index in [0.29, 0.717) is 32.2 Å². The lowest BCUT2D eigenvalue weighted by molar-refractivity contribution is -0.147. The molecule has 15 amide bonds. The molecule has 0 radical (unpaired) electrons. The Morgan fingerprint density at radius 3 is 0.774 bits per heavy atom. The smallest absolute Gasteiger partial charge is 0.394 e. The minimum absolute atomic E-state index is 0.0373. The topological polar surface area (TPSA) is 580 Å². The van der Waals surface area contributed by atoms with Crippen molar-refractivity contribution in [1.82, 2.24) is 59.6 Å². The molecule has 0 spiro atoms. The molecule has 18 N–H and O–H groups in total. The number of pyridine rings is 4. The van der Waals surface area contributed by atoms with E-state index < -0.39 is 70.9 Å². The summed E-state index contributed by atoms with van der Waals surface area (Å²) in [5.74, 6) is -8.43. The maximum absolute atomic E-state index is 13.1. The third-order valence-corrected chi connectivity index (χ3v) is 22.8. The van der Waals surface area contributed by atoms with Crippen LogP contribution in [0.1, 0.15) is 167 Å². The number of carboxylic acid groups (broad SMARTS) is 1. The van der Waals surface area contributed by atoms with Gasteiger partial charge in [0.15, 0.2) is 0 Å². The molecule has 4 saturated heterocycles. The van der Waals surface area contributed by atoms with E-state index in [1.165, 1.54) is 107 Å². The quantitative estimate of drug-likeness (QED) is 0.0295. The molecule has 4 aromatic heterocycles. The number of hydrogen-bond donors (Lipinski definition) is 14. The number of carboxylic acids is 1. The first kappa shape index (κ1) is 107. The summed E-state index contributed by atoms with van der Waals surface area (Å²) in [5.41, 5.74) is 29.4. The minimum atomic E-state index is -1.63. The van der Waals surface area contributed by atoms with E-state index in [1.54, 1.807) is 76.0 Å². The van der Waals surface area contributed by atoms with Crippen LogP contribution < -0.4 is 70.8 Å². The number of hydrogen-bond acceptors (Lipinski definition) is 25. The fourth-order valence-corrected chi connectivity index (χ4v) is 14.8. The van der Waals surface area contributed by atoms with Crippen molar-refractivity contribution in [3.05, 3.63) is 215 Å². The molecule has 12 rings (SSSR count). The molecule has 728 valence electrons. The van der Waals surface area contributed by atoms with Crippen LogP contribution in [-0.4, -0.2) is 263 Å². The number of likely N-dealkylation sites (tertiary alicyclic amines) is 3. The molecular weight excluding hydrogens is 1760 g/mol. The minimum Gasteiger partial charge on any atom is -0.474 e. The predicted molar refractivity (Wildman–Crippen MR) is 515 cm³/mol. The summed E-state index contributed by atoms with van der Waals surface area (Å²) in [5, 5.41) is 33.9. The highest BCUT2D eigenvalue weighted by atomic mass is 16.4. The third-order valence-electron chi connectivity index (χ3n) is 22.8. The molecule has 0 aliphatic carbocycles. The van der Waals surface area contributed by atoms with E-state index >= 15 is 0 Å². The van der Waals surface area contributed by atoms with Gasteiger partial charge in [-0.25, -0.2) is 4.79 Å². The van der Waals surface area contributed by atoms with Gasteiger partial charge >= 0.3 is 47.3 Å². The van der Waals surface area contributed by atoms with Gasteiger partial charge in [-0.05, 0) is 177 Å². The van der Waals surface area contributed by atoms with Crippen LogP contribution >= 0.6 is 0 Å². The lowest BCUT2D eigenvalue weighted by Crippen LogP contribution is -2.46. The summed E-state index contributed by atoms with van der Waals surface area (Å²) in [6.45, 7) is 11.8. The van der Waals surface area contributed by atoms with Crippen molar-refractivity contribution >= 4 is 140 Å². The summed E-state index contributed by atoms with van der Waals surface area (Å²) in [4.78, 5) is 216. The number of benzene rings is 4. The molecule has 8 heterocycles. The Hall–Kier alpha value is -15.8. The number of rotatable bonds is 24. The second kappa shape index (κ2) is 51.4. The Balaban J connectivity index is 0.000000216. The molecule has 0 bridgehead atoms. The van der Waals surface area contributed by atoms with Gasteiger partial charge in [0.25, 0.3) is 0 Å². The Labute approximate surface area is 794 Å². The monoisotopic (exact) mass is 1880 g/mol. The number of nitrogens with zero attached hydrogens (tertiary/aromatic N) is 11. The van der Waals surface area contributed by atoms with Gasteiger partial charge in [-0.3, -0.25) is 91.9 Å². The van der Waals surface area contributed by atoms with Crippen LogP contribution in [0.5, 0.6) is 0 Å². The molecule has 4 aliphatic heterocycles. The normalized spacial score (nSPS) is 17.4. The number of anilines is 8. The molecule has 137 heavy (non-hydrogen) atoms. The second-order valence-corrected chi connectivity index (χ2v) is 34.6. The van der Waals surface area contributed by atoms with Crippen molar-refractivity contribution in [2.45, 2.75) is 103 Å². The molecule has 0 saturated carbocycles. The SMILES string of the molecule is C[C@@H]1CC[C@@H](c2ccc(NCC(=O)N(C)C)cc2)NC1.C[C@@H]1CC[C@H](c2ccc(NCC(=O)N(C)C)cc2)N(C(=O)C(=O)Nc2cncc(C(N)=O)c2)C1.C[C@H]1CC[C@H](c2ccc(NCC(=O)N(C)C)cc2)N(C(=O)C(=O)Nc2cncc(C(N)=O)c2)C1.C[C@H]1CC[C@H](c2ccc(NCC(=O)N(C)C)cc2)N(C(=O)C(=O)Nc2cncc(C(N)=O)c2)C1.NC(=O)c1cncc(NC(=O)C(=O)O)c1. The standard InChI is InChI=1S/3C24H30N6O4.C16H25N3O.C8H7N3O4/c3*1-15-4-9-20(16-5-7-18(8-6-16)27-13-21(31)29(2)3)30(14-15)24(34)23(33)28-19-10-17(22(25)32)11-26-12-19;1-12-4-9-15(18-10-12)13-5-7-14(8-6-13)17-11-16(20)19(2)3;9-6(12)4-1-5(3-10-2-4)11-7(13)8(14)15/h3*5-8,10-12,15,20,27H,4,9,13-14H2,1-3H3,(H2,25,32)(H,28,33);5-8,12,15,17-18H,4,9-11H2,1-3H3;1-3H,(H2,9,12)(H,11,13)(H,14,15)/t2*15-,20+;15-,20-;12-,15+;/m0011./s1. The lowest BCUT2D eigenvalue weighted by Gasteiger charge is -2.38. The molecule has 4 aliphatic rings. The number of aliphatic carboxylic acids is 1. The fraction of sp³-hybridized carbons (Fsp3) is 0.375. The molecule has 41 nitrogen and oxygen atoms in total. The fourth-order valence-electron chi connectivity index (χ4n) is 14.8. The maximum Gasteiger partial charge on any atom is 0.394 e. The van der Waals surface area contributed by atoms with Gasteiger partial charge in [-0.15, -0.1) is 0 Å². The maximum atomic E-state index is 13.1. The number of carbonyl (C=O) groups is 16. The van der Waals surface area contributed by atoms with E-state index in [1.807, 2.05) is 98.9 Å². The van der Waals surface area contributed by atoms with Gasteiger partial charge in [0.2, 0.25) is 47.3 Å². The first-order valence-corrected chi connectivity index (χ1v) is 44.3. The van der Waals surface area contributed by atoms with Crippen LogP contribution in [0, 0.1) is 23.7 Å². The first-order valence-electron chi connectivity index (χ1n) is 44.3. The number of primary amides is 4. The number of carbonyl (C=O) groups excluding carboxylic acids is 15. The molecule has 8 aromatic rings. The van der Waals surface area contributed by atoms with Crippen molar-refractivity contribution in [2.75, 3.05) is 151 Å². The van der Waals surface area contributed by atoms with Crippen LogP contribution in [0.2, 0.25) is 0 Å². The van der Waals surface area contributed by atoms with Crippen molar-refractivity contribution < 1.29 is 81.8 Å². The van der Waals surface area contributed by atoms with Crippen LogP contribution in [-0.2, 0) is 57.5 Å². The highest BCUT2D eigenvalue weighted by Gasteiger charge is 2.38. The number of piperidine rings is 4. The van der Waals surface area contributed by atoms with Crippen LogP contribution in [0.15, 0.2) is 171 Å². The zero-order valence-electron chi connectivity index (χ0n) is 78.8. The van der Waals surface area contributed by atoms with Gasteiger partial charge < -0.3 is 110 Å². The number of nitrogens with two attached hydrogens (primary N) is 4. The van der Waals surface area contributed by atoms with Crippen LogP contribution in [0.4, 0.5) is 45.5 Å². The highest BCUT2D eigenvalue weighted by Crippen LogP contribution is 2.38. The van der Waals surface area contributed by atoms with E-state index in [-0.39, 0.29) is 124 Å². The van der Waals surface area contributed by atoms with Crippen molar-refractivity contribution in [1.29, 1.82) is 0 Å². The molecule has 4 aromatic carbocycles. The first-order chi connectivity index (χ1) is 65.0. The number of amides is 15. The molecule has 8 atom stereocenters. The summed E-state index contributed by atoms with van der Waals surface area (Å²) in [6.07, 6.45) is 17.8. The molecule has 41 heteroatoms.